The largest absolute Gasteiger partial charge is 0.511 e. The van der Waals surface area contributed by atoms with Gasteiger partial charge >= 0.3 is 0 Å². The number of aliphatic hydroxyl groups is 1. The van der Waals surface area contributed by atoms with Crippen molar-refractivity contribution in [2.24, 2.45) is 17.8 Å². The SMILES string of the molecule is OC1=c2ccccc2=C2OCCC2C2C=CC=CC12. The average molecular weight is 252 g/mol. The van der Waals surface area contributed by atoms with Crippen molar-refractivity contribution in [3.63, 3.8) is 0 Å². The van der Waals surface area contributed by atoms with Crippen molar-refractivity contribution in [1.29, 1.82) is 0 Å². The van der Waals surface area contributed by atoms with Crippen molar-refractivity contribution in [3.05, 3.63) is 59.0 Å². The lowest BCUT2D eigenvalue weighted by Crippen LogP contribution is -2.29. The first-order chi connectivity index (χ1) is 9.36. The van der Waals surface area contributed by atoms with E-state index in [0.717, 1.165) is 29.2 Å². The van der Waals surface area contributed by atoms with Crippen molar-refractivity contribution < 1.29 is 9.84 Å². The molecule has 3 unspecified atom stereocenters. The molecule has 1 aromatic rings. The van der Waals surface area contributed by atoms with Gasteiger partial charge in [0.15, 0.2) is 0 Å². The van der Waals surface area contributed by atoms with Crippen LogP contribution in [0.1, 0.15) is 6.42 Å². The van der Waals surface area contributed by atoms with E-state index < -0.39 is 0 Å². The van der Waals surface area contributed by atoms with Gasteiger partial charge < -0.3 is 9.84 Å². The molecule has 1 aromatic carbocycles. The molecule has 1 aliphatic heterocycles. The Balaban J connectivity index is 2.11. The molecule has 1 fully saturated rings. The summed E-state index contributed by atoms with van der Waals surface area (Å²) in [5.41, 5.74) is 0. The molecule has 0 radical (unpaired) electrons. The van der Waals surface area contributed by atoms with E-state index in [-0.39, 0.29) is 5.92 Å². The second kappa shape index (κ2) is 4.02. The Morgan fingerprint density at radius 3 is 2.74 bits per heavy atom. The van der Waals surface area contributed by atoms with Gasteiger partial charge in [-0.05, 0) is 6.42 Å². The van der Waals surface area contributed by atoms with Crippen LogP contribution in [-0.2, 0) is 4.74 Å². The molecule has 3 atom stereocenters. The smallest absolute Gasteiger partial charge is 0.108 e. The molecule has 1 heterocycles. The summed E-state index contributed by atoms with van der Waals surface area (Å²) in [4.78, 5) is 0. The minimum absolute atomic E-state index is 0.0790. The summed E-state index contributed by atoms with van der Waals surface area (Å²) in [6.07, 6.45) is 9.47. The highest BCUT2D eigenvalue weighted by molar-refractivity contribution is 5.55. The quantitative estimate of drug-likeness (QED) is 0.764. The lowest BCUT2D eigenvalue weighted by atomic mass is 9.77. The number of aliphatic hydroxyl groups excluding tert-OH is 1. The Morgan fingerprint density at radius 1 is 1.05 bits per heavy atom. The van der Waals surface area contributed by atoms with Gasteiger partial charge in [-0.2, -0.15) is 0 Å². The summed E-state index contributed by atoms with van der Waals surface area (Å²) >= 11 is 0. The van der Waals surface area contributed by atoms with Crippen LogP contribution in [0.15, 0.2) is 48.6 Å². The zero-order valence-corrected chi connectivity index (χ0v) is 10.6. The van der Waals surface area contributed by atoms with E-state index in [9.17, 15) is 5.11 Å². The second-order valence-corrected chi connectivity index (χ2v) is 5.41. The zero-order valence-electron chi connectivity index (χ0n) is 10.6. The van der Waals surface area contributed by atoms with Crippen LogP contribution < -0.4 is 10.4 Å². The highest BCUT2D eigenvalue weighted by atomic mass is 16.5. The fourth-order valence-electron chi connectivity index (χ4n) is 3.56. The van der Waals surface area contributed by atoms with E-state index in [2.05, 4.69) is 24.3 Å². The molecular weight excluding hydrogens is 236 g/mol. The van der Waals surface area contributed by atoms with Gasteiger partial charge in [0, 0.05) is 28.2 Å². The molecule has 19 heavy (non-hydrogen) atoms. The van der Waals surface area contributed by atoms with Gasteiger partial charge in [0.05, 0.1) is 6.61 Å². The molecule has 3 aliphatic rings. The maximum atomic E-state index is 10.7. The molecule has 2 heteroatoms. The number of hydrogen-bond donors (Lipinski definition) is 1. The fourth-order valence-corrected chi connectivity index (χ4v) is 3.56. The molecule has 1 saturated heterocycles. The van der Waals surface area contributed by atoms with Gasteiger partial charge in [0.25, 0.3) is 0 Å². The summed E-state index contributed by atoms with van der Waals surface area (Å²) in [5.74, 6) is 2.32. The lowest BCUT2D eigenvalue weighted by Gasteiger charge is -2.26. The van der Waals surface area contributed by atoms with Crippen molar-refractivity contribution in [3.8, 4) is 0 Å². The number of hydrogen-bond acceptors (Lipinski definition) is 2. The molecule has 0 spiro atoms. The van der Waals surface area contributed by atoms with Crippen LogP contribution in [0.5, 0.6) is 0 Å². The van der Waals surface area contributed by atoms with Crippen molar-refractivity contribution in [2.75, 3.05) is 6.61 Å². The maximum absolute atomic E-state index is 10.7. The molecular formula is C17H16O2. The summed E-state index contributed by atoms with van der Waals surface area (Å²) < 4.78 is 5.89. The number of fused-ring (bicyclic) bond motifs is 4. The van der Waals surface area contributed by atoms with Crippen LogP contribution in [-0.4, -0.2) is 11.7 Å². The van der Waals surface area contributed by atoms with Gasteiger partial charge in [0.2, 0.25) is 0 Å². The van der Waals surface area contributed by atoms with Crippen LogP contribution in [0.3, 0.4) is 0 Å². The Kier molecular flexibility index (Phi) is 2.31. The lowest BCUT2D eigenvalue weighted by molar-refractivity contribution is 0.314. The first kappa shape index (κ1) is 10.9. The van der Waals surface area contributed by atoms with Crippen molar-refractivity contribution in [1.82, 2.24) is 0 Å². The fraction of sp³-hybridized carbons (Fsp3) is 0.294. The monoisotopic (exact) mass is 252 g/mol. The van der Waals surface area contributed by atoms with E-state index >= 15 is 0 Å². The van der Waals surface area contributed by atoms with Gasteiger partial charge in [-0.1, -0.05) is 48.6 Å². The minimum atomic E-state index is 0.0790. The van der Waals surface area contributed by atoms with E-state index in [4.69, 9.17) is 4.74 Å². The molecule has 96 valence electrons. The van der Waals surface area contributed by atoms with Crippen LogP contribution >= 0.6 is 0 Å². The standard InChI is InChI=1S/C17H16O2/c18-16-12-6-2-1-5-11(12)15-9-10-19-17(15)14-8-4-3-7-13(14)16/h1-8,11-12,15,18H,9-10H2. The highest BCUT2D eigenvalue weighted by Crippen LogP contribution is 2.41. The molecule has 4 rings (SSSR count). The topological polar surface area (TPSA) is 29.5 Å². The van der Waals surface area contributed by atoms with Crippen LogP contribution in [0.2, 0.25) is 0 Å². The predicted octanol–water partition coefficient (Wildman–Crippen LogP) is 1.87. The number of benzene rings is 1. The number of rotatable bonds is 0. The summed E-state index contributed by atoms with van der Waals surface area (Å²) in [7, 11) is 0. The molecule has 0 amide bonds. The molecule has 0 aromatic heterocycles. The van der Waals surface area contributed by atoms with Crippen LogP contribution in [0.25, 0.3) is 11.5 Å². The van der Waals surface area contributed by atoms with E-state index in [1.165, 1.54) is 0 Å². The molecule has 2 aliphatic carbocycles. The zero-order chi connectivity index (χ0) is 12.8. The van der Waals surface area contributed by atoms with E-state index in [1.54, 1.807) is 0 Å². The Labute approximate surface area is 112 Å². The van der Waals surface area contributed by atoms with Crippen molar-refractivity contribution >= 4 is 11.5 Å². The first-order valence-corrected chi connectivity index (χ1v) is 6.86. The summed E-state index contributed by atoms with van der Waals surface area (Å²) in [5, 5.41) is 12.7. The molecule has 0 saturated carbocycles. The predicted molar refractivity (Wildman–Crippen MR) is 74.5 cm³/mol. The Morgan fingerprint density at radius 2 is 1.84 bits per heavy atom. The molecule has 0 bridgehead atoms. The number of allylic oxidation sites excluding steroid dienone is 3. The maximum Gasteiger partial charge on any atom is 0.108 e. The normalized spacial score (nSPS) is 31.3. The highest BCUT2D eigenvalue weighted by Gasteiger charge is 2.38. The third-order valence-electron chi connectivity index (χ3n) is 4.45. The third kappa shape index (κ3) is 1.49. The molecule has 1 N–H and O–H groups in total. The van der Waals surface area contributed by atoms with E-state index in [0.29, 0.717) is 17.6 Å². The summed E-state index contributed by atoms with van der Waals surface area (Å²) in [6, 6.07) is 8.04. The van der Waals surface area contributed by atoms with Gasteiger partial charge in [-0.15, -0.1) is 0 Å². The average Bonchev–Trinajstić information content (AvgIpc) is 2.92. The Bertz CT molecular complexity index is 696. The minimum Gasteiger partial charge on any atom is -0.511 e. The van der Waals surface area contributed by atoms with Gasteiger partial charge in [0.1, 0.15) is 11.5 Å². The summed E-state index contributed by atoms with van der Waals surface area (Å²) in [6.45, 7) is 0.788. The van der Waals surface area contributed by atoms with Crippen molar-refractivity contribution in [2.45, 2.75) is 6.42 Å². The van der Waals surface area contributed by atoms with Crippen LogP contribution in [0, 0.1) is 17.8 Å². The van der Waals surface area contributed by atoms with E-state index in [1.807, 2.05) is 24.3 Å². The third-order valence-corrected chi connectivity index (χ3v) is 4.45. The first-order valence-electron chi connectivity index (χ1n) is 6.86. The van der Waals surface area contributed by atoms with Gasteiger partial charge in [-0.25, -0.2) is 0 Å². The Hall–Kier alpha value is -1.96. The molecule has 2 nitrogen and oxygen atoms in total. The van der Waals surface area contributed by atoms with Gasteiger partial charge in [-0.3, -0.25) is 0 Å². The van der Waals surface area contributed by atoms with Crippen LogP contribution in [0.4, 0.5) is 0 Å². The second-order valence-electron chi connectivity index (χ2n) is 5.41. The number of ether oxygens (including phenoxy) is 1.